The van der Waals surface area contributed by atoms with Gasteiger partial charge in [-0.25, -0.2) is 4.79 Å². The number of aliphatic carboxylic acids is 1. The van der Waals surface area contributed by atoms with Crippen LogP contribution in [0, 0.1) is 5.92 Å². The molecular formula is C12H18N2O4. The first-order valence-corrected chi connectivity index (χ1v) is 6.09. The van der Waals surface area contributed by atoms with Gasteiger partial charge in [0, 0.05) is 20.2 Å². The first kappa shape index (κ1) is 12.9. The summed E-state index contributed by atoms with van der Waals surface area (Å²) in [6, 6.07) is -0.324. The molecule has 1 saturated heterocycles. The molecule has 1 aliphatic heterocycles. The van der Waals surface area contributed by atoms with Gasteiger partial charge < -0.3 is 20.1 Å². The van der Waals surface area contributed by atoms with Gasteiger partial charge in [-0.15, -0.1) is 0 Å². The van der Waals surface area contributed by atoms with Crippen molar-refractivity contribution in [2.24, 2.45) is 5.92 Å². The number of hydrogen-bond donors (Lipinski definition) is 2. The lowest BCUT2D eigenvalue weighted by Gasteiger charge is -2.20. The smallest absolute Gasteiger partial charge is 0.317 e. The quantitative estimate of drug-likeness (QED) is 0.717. The second-order valence-corrected chi connectivity index (χ2v) is 4.71. The van der Waals surface area contributed by atoms with Crippen LogP contribution in [0.5, 0.6) is 0 Å². The van der Waals surface area contributed by atoms with Crippen LogP contribution in [0.2, 0.25) is 0 Å². The summed E-state index contributed by atoms with van der Waals surface area (Å²) in [6.45, 7) is 1.28. The van der Waals surface area contributed by atoms with E-state index in [1.54, 1.807) is 24.2 Å². The Balaban J connectivity index is 1.79. The van der Waals surface area contributed by atoms with Crippen LogP contribution in [0.4, 0.5) is 4.79 Å². The summed E-state index contributed by atoms with van der Waals surface area (Å²) in [6.07, 6.45) is 4.78. The van der Waals surface area contributed by atoms with Gasteiger partial charge in [0.1, 0.15) is 0 Å². The SMILES string of the molecule is COC1CCN(C(=O)NC2C=CC(C(=O)O)C2)C1. The molecule has 1 fully saturated rings. The van der Waals surface area contributed by atoms with Crippen LogP contribution in [-0.2, 0) is 9.53 Å². The lowest BCUT2D eigenvalue weighted by Crippen LogP contribution is -2.43. The Bertz CT molecular complexity index is 369. The Morgan fingerprint density at radius 2 is 2.22 bits per heavy atom. The Morgan fingerprint density at radius 3 is 2.78 bits per heavy atom. The summed E-state index contributed by atoms with van der Waals surface area (Å²) < 4.78 is 5.20. The summed E-state index contributed by atoms with van der Waals surface area (Å²) in [4.78, 5) is 24.4. The van der Waals surface area contributed by atoms with Crippen molar-refractivity contribution in [2.75, 3.05) is 20.2 Å². The highest BCUT2D eigenvalue weighted by atomic mass is 16.5. The number of nitrogens with zero attached hydrogens (tertiary/aromatic N) is 1. The molecule has 1 aliphatic carbocycles. The van der Waals surface area contributed by atoms with Crippen LogP contribution in [0.25, 0.3) is 0 Å². The highest BCUT2D eigenvalue weighted by Gasteiger charge is 2.29. The van der Waals surface area contributed by atoms with Crippen molar-refractivity contribution in [3.05, 3.63) is 12.2 Å². The third-order valence-electron chi connectivity index (χ3n) is 3.48. The molecule has 2 aliphatic rings. The van der Waals surface area contributed by atoms with E-state index in [2.05, 4.69) is 5.32 Å². The minimum absolute atomic E-state index is 0.113. The zero-order valence-corrected chi connectivity index (χ0v) is 10.3. The predicted molar refractivity (Wildman–Crippen MR) is 64.2 cm³/mol. The molecule has 0 bridgehead atoms. The zero-order valence-electron chi connectivity index (χ0n) is 10.3. The number of methoxy groups -OCH3 is 1. The predicted octanol–water partition coefficient (Wildman–Crippen LogP) is 0.446. The lowest BCUT2D eigenvalue weighted by molar-refractivity contribution is -0.140. The van der Waals surface area contributed by atoms with Crippen LogP contribution < -0.4 is 5.32 Å². The van der Waals surface area contributed by atoms with Gasteiger partial charge in [0.15, 0.2) is 0 Å². The van der Waals surface area contributed by atoms with E-state index in [0.717, 1.165) is 6.42 Å². The summed E-state index contributed by atoms with van der Waals surface area (Å²) in [5.41, 5.74) is 0. The van der Waals surface area contributed by atoms with Crippen molar-refractivity contribution in [3.8, 4) is 0 Å². The number of urea groups is 1. The number of rotatable bonds is 3. The van der Waals surface area contributed by atoms with Gasteiger partial charge >= 0.3 is 12.0 Å². The Kier molecular flexibility index (Phi) is 3.86. The molecule has 0 radical (unpaired) electrons. The maximum Gasteiger partial charge on any atom is 0.317 e. The Morgan fingerprint density at radius 1 is 1.44 bits per heavy atom. The first-order valence-electron chi connectivity index (χ1n) is 6.09. The number of carbonyl (C=O) groups is 2. The highest BCUT2D eigenvalue weighted by Crippen LogP contribution is 2.19. The molecule has 2 N–H and O–H groups in total. The van der Waals surface area contributed by atoms with Crippen molar-refractivity contribution in [1.29, 1.82) is 0 Å². The molecule has 2 amide bonds. The molecule has 0 aromatic heterocycles. The number of likely N-dealkylation sites (tertiary alicyclic amines) is 1. The minimum atomic E-state index is -0.844. The normalized spacial score (nSPS) is 30.7. The summed E-state index contributed by atoms with van der Waals surface area (Å²) in [7, 11) is 1.64. The van der Waals surface area contributed by atoms with Crippen molar-refractivity contribution in [1.82, 2.24) is 10.2 Å². The minimum Gasteiger partial charge on any atom is -0.481 e. The molecule has 0 aromatic rings. The molecule has 3 atom stereocenters. The maximum atomic E-state index is 11.9. The number of carbonyl (C=O) groups excluding carboxylic acids is 1. The van der Waals surface area contributed by atoms with Crippen molar-refractivity contribution in [2.45, 2.75) is 25.0 Å². The molecule has 6 nitrogen and oxygen atoms in total. The monoisotopic (exact) mass is 254 g/mol. The van der Waals surface area contributed by atoms with Crippen molar-refractivity contribution in [3.63, 3.8) is 0 Å². The molecule has 6 heteroatoms. The summed E-state index contributed by atoms with van der Waals surface area (Å²) in [5.74, 6) is -1.33. The highest BCUT2D eigenvalue weighted by molar-refractivity contribution is 5.76. The van der Waals surface area contributed by atoms with E-state index in [1.807, 2.05) is 0 Å². The fourth-order valence-corrected chi connectivity index (χ4v) is 2.34. The molecule has 100 valence electrons. The van der Waals surface area contributed by atoms with E-state index >= 15 is 0 Å². The summed E-state index contributed by atoms with van der Waals surface area (Å²) in [5, 5.41) is 11.7. The second-order valence-electron chi connectivity index (χ2n) is 4.71. The van der Waals surface area contributed by atoms with Gasteiger partial charge in [-0.3, -0.25) is 4.79 Å². The first-order chi connectivity index (χ1) is 8.60. The number of amides is 2. The molecule has 0 saturated carbocycles. The number of carboxylic acid groups (broad SMARTS) is 1. The maximum absolute atomic E-state index is 11.9. The fourth-order valence-electron chi connectivity index (χ4n) is 2.34. The third-order valence-corrected chi connectivity index (χ3v) is 3.48. The van der Waals surface area contributed by atoms with Gasteiger partial charge in [-0.1, -0.05) is 12.2 Å². The van der Waals surface area contributed by atoms with E-state index < -0.39 is 11.9 Å². The van der Waals surface area contributed by atoms with Crippen LogP contribution in [0.1, 0.15) is 12.8 Å². The van der Waals surface area contributed by atoms with Crippen molar-refractivity contribution >= 4 is 12.0 Å². The van der Waals surface area contributed by atoms with Gasteiger partial charge in [0.05, 0.1) is 18.1 Å². The average molecular weight is 254 g/mol. The number of hydrogen-bond acceptors (Lipinski definition) is 3. The van der Waals surface area contributed by atoms with E-state index in [9.17, 15) is 9.59 Å². The van der Waals surface area contributed by atoms with Crippen molar-refractivity contribution < 1.29 is 19.4 Å². The molecule has 2 rings (SSSR count). The number of ether oxygens (including phenoxy) is 1. The lowest BCUT2D eigenvalue weighted by atomic mass is 10.1. The molecule has 0 spiro atoms. The largest absolute Gasteiger partial charge is 0.481 e. The van der Waals surface area contributed by atoms with E-state index in [-0.39, 0.29) is 18.2 Å². The van der Waals surface area contributed by atoms with Gasteiger partial charge in [-0.05, 0) is 12.8 Å². The van der Waals surface area contributed by atoms with Crippen LogP contribution >= 0.6 is 0 Å². The Labute approximate surface area is 106 Å². The fraction of sp³-hybridized carbons (Fsp3) is 0.667. The van der Waals surface area contributed by atoms with Crippen LogP contribution in [0.15, 0.2) is 12.2 Å². The average Bonchev–Trinajstić information content (AvgIpc) is 2.96. The Hall–Kier alpha value is -1.56. The van der Waals surface area contributed by atoms with Gasteiger partial charge in [-0.2, -0.15) is 0 Å². The molecule has 1 heterocycles. The van der Waals surface area contributed by atoms with Gasteiger partial charge in [0.2, 0.25) is 0 Å². The third kappa shape index (κ3) is 2.81. The topological polar surface area (TPSA) is 78.9 Å². The molecular weight excluding hydrogens is 236 g/mol. The van der Waals surface area contributed by atoms with E-state index in [0.29, 0.717) is 19.5 Å². The number of carboxylic acids is 1. The standard InChI is InChI=1S/C12H18N2O4/c1-18-10-4-5-14(7-10)12(17)13-9-3-2-8(6-9)11(15)16/h2-3,8-10H,4-7H2,1H3,(H,13,17)(H,15,16). The second kappa shape index (κ2) is 5.39. The van der Waals surface area contributed by atoms with E-state index in [4.69, 9.17) is 9.84 Å². The van der Waals surface area contributed by atoms with E-state index in [1.165, 1.54) is 0 Å². The zero-order chi connectivity index (χ0) is 13.1. The van der Waals surface area contributed by atoms with Crippen LogP contribution in [-0.4, -0.2) is 54.4 Å². The molecule has 18 heavy (non-hydrogen) atoms. The van der Waals surface area contributed by atoms with Crippen LogP contribution in [0.3, 0.4) is 0 Å². The number of nitrogens with one attached hydrogen (secondary N) is 1. The van der Waals surface area contributed by atoms with Gasteiger partial charge in [0.25, 0.3) is 0 Å². The summed E-state index contributed by atoms with van der Waals surface area (Å²) >= 11 is 0. The molecule has 0 aromatic carbocycles. The molecule has 3 unspecified atom stereocenters.